The summed E-state index contributed by atoms with van der Waals surface area (Å²) in [7, 11) is 0.160. The summed E-state index contributed by atoms with van der Waals surface area (Å²) in [5, 5.41) is 53.2. The maximum atomic E-state index is 12.8. The lowest BCUT2D eigenvalue weighted by Crippen LogP contribution is -2.17. The molecule has 1 unspecified atom stereocenters. The number of non-ortho nitro benzene ring substituents is 1. The second kappa shape index (κ2) is 49.1. The van der Waals surface area contributed by atoms with Gasteiger partial charge < -0.3 is 10.2 Å². The molecule has 0 aliphatic carbocycles. The van der Waals surface area contributed by atoms with Gasteiger partial charge in [-0.05, 0) is 244 Å². The zero-order chi connectivity index (χ0) is 93.3. The number of hydrogen-bond acceptors (Lipinski definition) is 6. The van der Waals surface area contributed by atoms with Crippen LogP contribution in [0.25, 0.3) is 21.5 Å². The maximum absolute atomic E-state index is 12.8. The van der Waals surface area contributed by atoms with Crippen LogP contribution in [0, 0.1) is 32.8 Å². The van der Waals surface area contributed by atoms with E-state index in [4.69, 9.17) is 10.5 Å². The van der Waals surface area contributed by atoms with E-state index in [1.165, 1.54) is 132 Å². The van der Waals surface area contributed by atoms with Crippen LogP contribution >= 0.6 is 0 Å². The zero-order valence-electron chi connectivity index (χ0n) is 74.3. The van der Waals surface area contributed by atoms with Crippen LogP contribution in [-0.2, 0) is 88.9 Å². The number of phenolic OH excluding ortho intramolecular Hbond substituents is 2. The van der Waals surface area contributed by atoms with Gasteiger partial charge in [-0.25, -0.2) is 0 Å². The molecule has 7 nitrogen and oxygen atoms in total. The second-order valence-corrected chi connectivity index (χ2v) is 46.1. The Morgan fingerprint density at radius 3 is 0.941 bits per heavy atom. The highest BCUT2D eigenvalue weighted by atomic mass is 32.2. The van der Waals surface area contributed by atoms with Crippen LogP contribution in [-0.4, -0.2) is 43.9 Å². The summed E-state index contributed by atoms with van der Waals surface area (Å²) >= 11 is 0. The lowest BCUT2D eigenvalue weighted by molar-refractivity contribution is -0.384. The topological polar surface area (TPSA) is 131 Å². The molecule has 2 saturated heterocycles. The van der Waals surface area contributed by atoms with Crippen molar-refractivity contribution in [2.24, 2.45) is 0 Å². The first-order valence-corrected chi connectivity index (χ1v) is 54.1. The van der Waals surface area contributed by atoms with Gasteiger partial charge in [-0.15, -0.1) is 0 Å². The van der Waals surface area contributed by atoms with Crippen molar-refractivity contribution in [1.82, 2.24) is 0 Å². The predicted octanol–water partition coefficient (Wildman–Crippen LogP) is 30.1. The largest absolute Gasteiger partial charge is 0.507 e. The number of fused-ring (bicyclic) bond motifs is 3. The third kappa shape index (κ3) is 26.0. The first-order chi connectivity index (χ1) is 66.2. The number of rotatable bonds is 16. The molecule has 18 aromatic rings. The molecular weight excluding hydrogens is 1800 g/mol. The van der Waals surface area contributed by atoms with E-state index in [1.807, 2.05) is 200 Å². The van der Waals surface area contributed by atoms with Crippen LogP contribution in [0.3, 0.4) is 0 Å². The van der Waals surface area contributed by atoms with Crippen LogP contribution in [0.5, 0.6) is 11.5 Å². The molecule has 135 heavy (non-hydrogen) atoms. The number of nitrogens with zero attached hydrogens (tertiary/aromatic N) is 3. The molecule has 3 aliphatic rings. The van der Waals surface area contributed by atoms with E-state index in [9.17, 15) is 33.5 Å². The molecule has 3 heterocycles. The van der Waals surface area contributed by atoms with Crippen molar-refractivity contribution in [1.29, 1.82) is 10.5 Å². The van der Waals surface area contributed by atoms with Gasteiger partial charge in [-0.2, -0.15) is 23.7 Å². The number of nitriles is 2. The first kappa shape index (κ1) is 96.3. The predicted molar refractivity (Wildman–Crippen MR) is 557 cm³/mol. The molecule has 0 spiro atoms. The number of aromatic hydroxyl groups is 2. The monoisotopic (exact) mass is 1900 g/mol. The Morgan fingerprint density at radius 2 is 0.585 bits per heavy atom. The van der Waals surface area contributed by atoms with Crippen molar-refractivity contribution in [3.8, 4) is 23.6 Å². The molecule has 0 bridgehead atoms. The van der Waals surface area contributed by atoms with E-state index >= 15 is 0 Å². The summed E-state index contributed by atoms with van der Waals surface area (Å²) in [6.07, 6.45) is 3.76. The Kier molecular flexibility index (Phi) is 35.0. The molecule has 2 N–H and O–H groups in total. The zero-order valence-corrected chi connectivity index (χ0v) is 80.0. The third-order valence-corrected chi connectivity index (χ3v) is 38.8. The SMILES string of the molecule is FC(F)(F)c1ccc([S+](c2ccccc2)c2ccccc2)cc1.N#Cc1ccc([S+](c2ccccc2)c2ccccc2)cc1.N#Cc1cccc([S+](c2ccccc2)c2ccccc2)c1.O=[N+]([O-])c1ccc([S+](c2ccccc2)c2ccccc2)cc1.Oc1ccc([S+]2CCCC2)c2ccccc12.Oc1ccc([S+]2CCCCC2)c2ccccc12.c1ccc([S+]2CCc3ccccc32)cc1. The molecule has 2 fully saturated rings. The Hall–Kier alpha value is -13.3. The smallest absolute Gasteiger partial charge is 0.416 e. The molecule has 0 aromatic heterocycles. The van der Waals surface area contributed by atoms with Crippen molar-refractivity contribution < 1.29 is 28.3 Å². The van der Waals surface area contributed by atoms with Crippen LogP contribution in [0.15, 0.2) is 545 Å². The average Bonchev–Trinajstić information content (AvgIpc) is 1.12. The van der Waals surface area contributed by atoms with Crippen molar-refractivity contribution in [3.05, 3.63) is 499 Å². The molecule has 0 saturated carbocycles. The van der Waals surface area contributed by atoms with Gasteiger partial charge in [0.2, 0.25) is 0 Å². The van der Waals surface area contributed by atoms with Gasteiger partial charge >= 0.3 is 6.18 Å². The molecular formula is C118H101F3N3O4S7+7. The van der Waals surface area contributed by atoms with Crippen LogP contribution in [0.2, 0.25) is 0 Å². The van der Waals surface area contributed by atoms with Crippen LogP contribution in [0.4, 0.5) is 18.9 Å². The van der Waals surface area contributed by atoms with Gasteiger partial charge in [-0.1, -0.05) is 224 Å². The Balaban J connectivity index is 0.000000120. The fraction of sp³-hybridized carbons (Fsp3) is 0.102. The van der Waals surface area contributed by atoms with Crippen molar-refractivity contribution in [3.63, 3.8) is 0 Å². The number of phenols is 2. The maximum Gasteiger partial charge on any atom is 0.416 e. The van der Waals surface area contributed by atoms with Gasteiger partial charge in [0.1, 0.15) is 40.3 Å². The first-order valence-electron chi connectivity index (χ1n) is 44.6. The van der Waals surface area contributed by atoms with E-state index in [2.05, 4.69) is 243 Å². The highest BCUT2D eigenvalue weighted by molar-refractivity contribution is 7.99. The van der Waals surface area contributed by atoms with Gasteiger partial charge in [0.25, 0.3) is 5.69 Å². The van der Waals surface area contributed by atoms with E-state index in [1.54, 1.807) is 34.7 Å². The number of alkyl halides is 3. The standard InChI is InChI=1S/C19H14F3S.2C19H14NS.C18H14NO2S.C15H16OS.C14H14OS.C14H13S/c20-19(21,22)15-11-13-18(14-12-15)23(16-7-3-1-4-8-16)17-9-5-2-6-10-17;20-15-16-8-7-13-19(14-16)21(17-9-3-1-4-10-17)18-11-5-2-6-12-18;20-15-16-11-13-19(14-12-16)21(17-7-3-1-4-8-17)18-9-5-2-6-10-18;20-19(21)15-11-13-18(14-12-15)22(16-7-3-1-4-8-16)17-9-5-2-6-10-17;16-14-8-9-15(17-10-4-1-5-11-17)13-7-3-2-6-12(13)14;15-13-7-8-14(16-9-3-4-10-16)12-6-2-1-5-11(12)13;1-2-7-13(8-3-1)15-11-10-12-6-4-5-9-14(12)15/h1-14H;2*1-14H;1-14H;2-3,6-9H,1,4-5,10-11H2;1-2,5-8H,3-4,9-10H2;1-9H,10-11H2/q4*+1;;;+1/p+2. The molecule has 0 amide bonds. The molecule has 668 valence electrons. The van der Waals surface area contributed by atoms with Crippen molar-refractivity contribution in [2.45, 2.75) is 123 Å². The number of hydrogen-bond donors (Lipinski definition) is 2. The van der Waals surface area contributed by atoms with Crippen LogP contribution < -0.4 is 0 Å². The fourth-order valence-electron chi connectivity index (χ4n) is 16.0. The Labute approximate surface area is 810 Å². The Morgan fingerprint density at radius 1 is 0.289 bits per heavy atom. The number of nitro benzene ring substituents is 1. The van der Waals surface area contributed by atoms with E-state index in [0.717, 1.165) is 42.5 Å². The molecule has 18 aromatic carbocycles. The summed E-state index contributed by atoms with van der Waals surface area (Å²) in [5.74, 6) is 7.42. The molecule has 0 radical (unpaired) electrons. The number of halogens is 3. The highest BCUT2D eigenvalue weighted by Gasteiger charge is 2.38. The molecule has 3 aliphatic heterocycles. The fourth-order valence-corrected chi connectivity index (χ4v) is 31.7. The quantitative estimate of drug-likeness (QED) is 0.0563. The molecule has 1 atom stereocenters. The van der Waals surface area contributed by atoms with E-state index < -0.39 is 22.6 Å². The van der Waals surface area contributed by atoms with E-state index in [-0.39, 0.29) is 43.3 Å². The van der Waals surface area contributed by atoms with Crippen molar-refractivity contribution >= 4 is 103 Å². The van der Waals surface area contributed by atoms with Crippen molar-refractivity contribution in [2.75, 3.05) is 28.8 Å². The number of aryl methyl sites for hydroxylation is 1. The summed E-state index contributed by atoms with van der Waals surface area (Å²) in [4.78, 5) is 30.4. The number of benzene rings is 18. The highest BCUT2D eigenvalue weighted by Crippen LogP contribution is 2.41. The summed E-state index contributed by atoms with van der Waals surface area (Å²) in [6.45, 7) is 0. The average molecular weight is 1910 g/mol. The van der Waals surface area contributed by atoms with Gasteiger partial charge in [0.15, 0.2) is 78.3 Å². The summed E-state index contributed by atoms with van der Waals surface area (Å²) in [5.41, 5.74) is 2.45. The lowest BCUT2D eigenvalue weighted by Gasteiger charge is -2.15. The normalized spacial score (nSPS) is 13.2. The van der Waals surface area contributed by atoms with Gasteiger partial charge in [0.05, 0.1) is 88.2 Å². The van der Waals surface area contributed by atoms with Gasteiger partial charge in [0, 0.05) is 85.7 Å². The Bertz CT molecular complexity index is 6700. The molecule has 21 rings (SSSR count). The molecule has 17 heteroatoms. The minimum Gasteiger partial charge on any atom is -0.507 e. The summed E-state index contributed by atoms with van der Waals surface area (Å²) < 4.78 is 38.3. The lowest BCUT2D eigenvalue weighted by atomic mass is 10.1. The minimum absolute atomic E-state index is 0.119. The van der Waals surface area contributed by atoms with Crippen LogP contribution in [0.1, 0.15) is 54.4 Å². The second-order valence-electron chi connectivity index (χ2n) is 31.4. The van der Waals surface area contributed by atoms with Gasteiger partial charge in [-0.3, -0.25) is 10.1 Å². The van der Waals surface area contributed by atoms with E-state index in [0.29, 0.717) is 55.3 Å². The number of nitro groups is 1. The third-order valence-electron chi connectivity index (χ3n) is 22.4. The summed E-state index contributed by atoms with van der Waals surface area (Å²) in [6, 6.07) is 159. The minimum atomic E-state index is -4.31.